The monoisotopic (exact) mass is 626 g/mol. The summed E-state index contributed by atoms with van der Waals surface area (Å²) in [5, 5.41) is 6.29. The first-order valence-electron chi connectivity index (χ1n) is 14.6. The van der Waals surface area contributed by atoms with Crippen LogP contribution >= 0.6 is 0 Å². The fourth-order valence-corrected chi connectivity index (χ4v) is 5.54. The highest BCUT2D eigenvalue weighted by Gasteiger charge is 2.48. The van der Waals surface area contributed by atoms with E-state index >= 15 is 0 Å². The number of halogens is 1. The SMILES string of the molecule is CN(C)c1ccc(/C=C/C2=CC(/C=C/c3ccc(N(C)C)cc3)=[N+](c3ccccc3)C3=C4CCCC4=N[NH+]23)cc1.[O-][Cl+3]([O-])([O-])[O-]. The van der Waals surface area contributed by atoms with Crippen molar-refractivity contribution in [1.29, 1.82) is 0 Å². The van der Waals surface area contributed by atoms with Gasteiger partial charge < -0.3 is 9.80 Å². The zero-order valence-electron chi connectivity index (χ0n) is 25.8. The lowest BCUT2D eigenvalue weighted by Crippen LogP contribution is -3.04. The number of quaternary nitrogens is 1. The van der Waals surface area contributed by atoms with Gasteiger partial charge in [0.2, 0.25) is 11.4 Å². The largest absolute Gasteiger partial charge is 0.410 e. The molecule has 3 aromatic rings. The fraction of sp³-hybridized carbons (Fsp3) is 0.200. The van der Waals surface area contributed by atoms with Gasteiger partial charge in [-0.3, -0.25) is 0 Å². The van der Waals surface area contributed by atoms with E-state index in [1.165, 1.54) is 46.0 Å². The number of hydrogen-bond acceptors (Lipinski definition) is 7. The molecule has 10 heteroatoms. The molecule has 3 aromatic carbocycles. The number of fused-ring (bicyclic) bond motifs is 2. The second-order valence-electron chi connectivity index (χ2n) is 11.3. The van der Waals surface area contributed by atoms with Crippen LogP contribution in [0.2, 0.25) is 0 Å². The Morgan fingerprint density at radius 3 is 1.78 bits per heavy atom. The van der Waals surface area contributed by atoms with Crippen molar-refractivity contribution in [3.8, 4) is 0 Å². The number of rotatable bonds is 7. The summed E-state index contributed by atoms with van der Waals surface area (Å²) in [6.45, 7) is 0. The van der Waals surface area contributed by atoms with Crippen LogP contribution in [-0.4, -0.2) is 44.2 Å². The van der Waals surface area contributed by atoms with Crippen LogP contribution in [0.1, 0.15) is 30.4 Å². The molecule has 0 spiro atoms. The summed E-state index contributed by atoms with van der Waals surface area (Å²) in [7, 11) is 3.33. The number of allylic oxidation sites excluding steroid dienone is 4. The van der Waals surface area contributed by atoms with E-state index in [2.05, 4.69) is 152 Å². The molecule has 6 rings (SSSR count). The first kappa shape index (κ1) is 32.1. The maximum Gasteiger partial charge on any atom is 0.410 e. The zero-order valence-corrected chi connectivity index (χ0v) is 26.6. The number of para-hydroxylation sites is 1. The van der Waals surface area contributed by atoms with Crippen LogP contribution in [-0.2, 0) is 0 Å². The Kier molecular flexibility index (Phi) is 9.79. The molecule has 1 aliphatic carbocycles. The van der Waals surface area contributed by atoms with Crippen LogP contribution in [0.3, 0.4) is 0 Å². The van der Waals surface area contributed by atoms with Gasteiger partial charge in [-0.1, -0.05) is 52.6 Å². The van der Waals surface area contributed by atoms with Crippen molar-refractivity contribution in [3.05, 3.63) is 125 Å². The van der Waals surface area contributed by atoms with E-state index in [1.807, 2.05) is 0 Å². The smallest absolute Gasteiger partial charge is 0.378 e. The van der Waals surface area contributed by atoms with Crippen LogP contribution in [0, 0.1) is 10.2 Å². The van der Waals surface area contributed by atoms with Gasteiger partial charge in [-0.25, -0.2) is 18.6 Å². The second-order valence-corrected chi connectivity index (χ2v) is 12.1. The molecule has 0 bridgehead atoms. The molecular formula is C35H37ClN5O4+. The minimum atomic E-state index is -4.94. The summed E-state index contributed by atoms with van der Waals surface area (Å²) >= 11 is 0. The maximum atomic E-state index is 8.49. The average molecular weight is 627 g/mol. The van der Waals surface area contributed by atoms with Crippen molar-refractivity contribution in [1.82, 2.24) is 0 Å². The molecule has 9 nitrogen and oxygen atoms in total. The van der Waals surface area contributed by atoms with Crippen LogP contribution in [0.5, 0.6) is 0 Å². The molecule has 1 saturated carbocycles. The molecule has 3 aliphatic rings. The predicted molar refractivity (Wildman–Crippen MR) is 168 cm³/mol. The molecule has 0 radical (unpaired) electrons. The summed E-state index contributed by atoms with van der Waals surface area (Å²) in [6.07, 6.45) is 14.5. The van der Waals surface area contributed by atoms with E-state index in [0.29, 0.717) is 0 Å². The lowest BCUT2D eigenvalue weighted by Gasteiger charge is -2.17. The highest BCUT2D eigenvalue weighted by molar-refractivity contribution is 6.06. The van der Waals surface area contributed by atoms with Crippen molar-refractivity contribution in [2.24, 2.45) is 5.10 Å². The highest BCUT2D eigenvalue weighted by atomic mass is 35.7. The number of anilines is 2. The van der Waals surface area contributed by atoms with E-state index in [4.69, 9.17) is 23.7 Å². The van der Waals surface area contributed by atoms with Gasteiger partial charge in [0, 0.05) is 63.9 Å². The standard InChI is InChI=1S/C35H36N5.ClHO4/c1-37(2)28-19-13-26(14-20-28)17-23-31-25-32(24-18-27-15-21-29(22-16-27)38(3)4)40-35(33-11-8-12-34(33)36-40)39(31)30-9-6-5-7-10-30;2-1(3,4)5/h5-7,9-10,13-25H,8,11-12H2,1-4H3;(H,2,3,4,5)/q+1;. The van der Waals surface area contributed by atoms with Gasteiger partial charge in [0.1, 0.15) is 11.3 Å². The zero-order chi connectivity index (χ0) is 32.1. The number of nitrogens with zero attached hydrogens (tertiary/aromatic N) is 4. The van der Waals surface area contributed by atoms with Gasteiger partial charge in [0.25, 0.3) is 0 Å². The van der Waals surface area contributed by atoms with Crippen LogP contribution in [0.4, 0.5) is 17.1 Å². The molecular weight excluding hydrogens is 590 g/mol. The summed E-state index contributed by atoms with van der Waals surface area (Å²) in [5.74, 6) is 1.24. The lowest BCUT2D eigenvalue weighted by molar-refractivity contribution is -2.00. The van der Waals surface area contributed by atoms with Crippen molar-refractivity contribution in [2.75, 3.05) is 38.0 Å². The van der Waals surface area contributed by atoms with Gasteiger partial charge in [-0.15, -0.1) is 14.8 Å². The minimum absolute atomic E-state index is 1.05. The van der Waals surface area contributed by atoms with Crippen molar-refractivity contribution in [2.45, 2.75) is 19.3 Å². The van der Waals surface area contributed by atoms with Crippen LogP contribution in [0.15, 0.2) is 119 Å². The van der Waals surface area contributed by atoms with E-state index in [0.717, 1.165) is 34.9 Å². The van der Waals surface area contributed by atoms with Gasteiger partial charge in [-0.05, 0) is 66.8 Å². The maximum absolute atomic E-state index is 8.49. The normalized spacial score (nSPS) is 17.6. The second kappa shape index (κ2) is 13.7. The van der Waals surface area contributed by atoms with Gasteiger partial charge >= 0.3 is 5.82 Å². The summed E-state index contributed by atoms with van der Waals surface area (Å²) in [4.78, 5) is 4.25. The molecule has 2 heterocycles. The third-order valence-corrected chi connectivity index (χ3v) is 7.74. The number of nitrogens with one attached hydrogen (secondary N) is 1. The first-order chi connectivity index (χ1) is 21.5. The average Bonchev–Trinajstić information content (AvgIpc) is 3.61. The minimum Gasteiger partial charge on any atom is -0.378 e. The quantitative estimate of drug-likeness (QED) is 0.393. The number of hydrogen-bond donors (Lipinski definition) is 1. The molecule has 0 aromatic heterocycles. The Morgan fingerprint density at radius 1 is 0.711 bits per heavy atom. The van der Waals surface area contributed by atoms with Crippen LogP contribution < -0.4 is 33.4 Å². The van der Waals surface area contributed by atoms with E-state index in [1.54, 1.807) is 0 Å². The topological polar surface area (TPSA) is 119 Å². The molecule has 1 N–H and O–H groups in total. The molecule has 1 fully saturated rings. The third kappa shape index (κ3) is 8.03. The fourth-order valence-electron chi connectivity index (χ4n) is 5.54. The Hall–Kier alpha value is -4.35. The first-order valence-corrected chi connectivity index (χ1v) is 15.9. The Balaban J connectivity index is 0.000000743. The summed E-state index contributed by atoms with van der Waals surface area (Å²) in [6, 6.07) is 28.0. The summed E-state index contributed by atoms with van der Waals surface area (Å²) in [5.41, 5.74) is 10.8. The van der Waals surface area contributed by atoms with E-state index in [9.17, 15) is 0 Å². The van der Waals surface area contributed by atoms with Crippen LogP contribution in [0.25, 0.3) is 12.2 Å². The summed E-state index contributed by atoms with van der Waals surface area (Å²) < 4.78 is 36.4. The molecule has 232 valence electrons. The van der Waals surface area contributed by atoms with E-state index in [-0.39, 0.29) is 0 Å². The Labute approximate surface area is 266 Å². The Morgan fingerprint density at radius 2 is 1.24 bits per heavy atom. The molecule has 0 saturated heterocycles. The van der Waals surface area contributed by atoms with Crippen molar-refractivity contribution < 1.29 is 38.5 Å². The van der Waals surface area contributed by atoms with Crippen molar-refractivity contribution in [3.63, 3.8) is 0 Å². The van der Waals surface area contributed by atoms with Gasteiger partial charge in [0.05, 0.1) is 6.08 Å². The molecule has 45 heavy (non-hydrogen) atoms. The van der Waals surface area contributed by atoms with Crippen molar-refractivity contribution >= 4 is 40.6 Å². The third-order valence-electron chi connectivity index (χ3n) is 7.74. The van der Waals surface area contributed by atoms with Gasteiger partial charge in [-0.2, -0.15) is 0 Å². The molecule has 2 aliphatic heterocycles. The molecule has 0 amide bonds. The number of benzene rings is 3. The lowest BCUT2D eigenvalue weighted by atomic mass is 10.1. The Bertz CT molecular complexity index is 1690. The highest BCUT2D eigenvalue weighted by Crippen LogP contribution is 2.31. The van der Waals surface area contributed by atoms with E-state index < -0.39 is 10.2 Å². The molecule has 1 unspecified atom stereocenters. The van der Waals surface area contributed by atoms with Gasteiger partial charge in [0.15, 0.2) is 5.70 Å². The molecule has 1 atom stereocenters. The predicted octanol–water partition coefficient (Wildman–Crippen LogP) is 1.12.